The third-order valence-corrected chi connectivity index (χ3v) is 13.0. The molecule has 39 heavy (non-hydrogen) atoms. The van der Waals surface area contributed by atoms with Gasteiger partial charge in [-0.05, 0) is 0 Å². The van der Waals surface area contributed by atoms with E-state index in [9.17, 15) is 21.6 Å². The molecule has 0 unspecified atom stereocenters. The molecule has 0 aliphatic rings. The third kappa shape index (κ3) is 12.7. The maximum atomic E-state index is 13.2. The van der Waals surface area contributed by atoms with Gasteiger partial charge in [0.1, 0.15) is 0 Å². The van der Waals surface area contributed by atoms with Gasteiger partial charge in [0.05, 0.1) is 0 Å². The van der Waals surface area contributed by atoms with Crippen molar-refractivity contribution < 1.29 is 33.6 Å². The van der Waals surface area contributed by atoms with Gasteiger partial charge in [-0.3, -0.25) is 0 Å². The predicted molar refractivity (Wildman–Crippen MR) is 158 cm³/mol. The summed E-state index contributed by atoms with van der Waals surface area (Å²) in [6.07, 6.45) is 13.6. The number of alkyl halides is 3. The average Bonchev–Trinajstić information content (AvgIpc) is 2.91. The van der Waals surface area contributed by atoms with E-state index in [2.05, 4.69) is 13.8 Å². The van der Waals surface area contributed by atoms with E-state index in [-0.39, 0.29) is 0 Å². The Morgan fingerprint density at radius 2 is 0.974 bits per heavy atom. The molecular formula is C29H42F3IO5S. The van der Waals surface area contributed by atoms with E-state index in [0.717, 1.165) is 38.5 Å². The minimum absolute atomic E-state index is 0.416. The van der Waals surface area contributed by atoms with Crippen LogP contribution in [0.2, 0.25) is 0 Å². The monoisotopic (exact) mass is 686 g/mol. The van der Waals surface area contributed by atoms with E-state index in [0.29, 0.717) is 31.9 Å². The van der Waals surface area contributed by atoms with E-state index < -0.39 is 35.9 Å². The Morgan fingerprint density at radius 1 is 0.615 bits per heavy atom. The molecule has 0 aliphatic carbocycles. The molecule has 0 bridgehead atoms. The number of halogens is 4. The van der Waals surface area contributed by atoms with E-state index in [4.69, 9.17) is 12.0 Å². The van der Waals surface area contributed by atoms with Crippen molar-refractivity contribution in [3.63, 3.8) is 0 Å². The van der Waals surface area contributed by atoms with Crippen LogP contribution >= 0.6 is 20.2 Å². The Kier molecular flexibility index (Phi) is 15.6. The topological polar surface area (TPSA) is 61.8 Å². The second kappa shape index (κ2) is 18.0. The standard InChI is InChI=1S/C29H42F3IO5S/c1-3-5-7-9-11-13-23-36-27-19-15-25(16-20-27)33(38-39(34,35)29(30,31)32)26-17-21-28(22-18-26)37-24-14-12-10-8-6-4-2/h15-22H,3-14,23-24H2,1-2H3. The Morgan fingerprint density at radius 3 is 1.33 bits per heavy atom. The van der Waals surface area contributed by atoms with Crippen molar-refractivity contribution in [2.45, 2.75) is 96.4 Å². The van der Waals surface area contributed by atoms with Gasteiger partial charge in [0, 0.05) is 0 Å². The van der Waals surface area contributed by atoms with Crippen LogP contribution in [0.4, 0.5) is 13.2 Å². The summed E-state index contributed by atoms with van der Waals surface area (Å²) in [5.74, 6) is 1.17. The number of hydrogen-bond donors (Lipinski definition) is 0. The molecular weight excluding hydrogens is 644 g/mol. The van der Waals surface area contributed by atoms with E-state index >= 15 is 0 Å². The summed E-state index contributed by atoms with van der Waals surface area (Å²) in [7, 11) is -5.76. The van der Waals surface area contributed by atoms with Crippen molar-refractivity contribution in [3.8, 4) is 11.5 Å². The van der Waals surface area contributed by atoms with Gasteiger partial charge < -0.3 is 0 Å². The van der Waals surface area contributed by atoms with Gasteiger partial charge in [0.25, 0.3) is 0 Å². The number of hydrogen-bond acceptors (Lipinski definition) is 5. The fourth-order valence-corrected chi connectivity index (χ4v) is 10.2. The number of ether oxygens (including phenoxy) is 2. The molecule has 222 valence electrons. The molecule has 0 heterocycles. The summed E-state index contributed by atoms with van der Waals surface area (Å²) in [6.45, 7) is 5.44. The molecule has 0 N–H and O–H groups in total. The molecule has 2 aromatic carbocycles. The van der Waals surface area contributed by atoms with Gasteiger partial charge >= 0.3 is 227 Å². The number of unbranched alkanes of at least 4 members (excludes halogenated alkanes) is 10. The first-order valence-electron chi connectivity index (χ1n) is 13.8. The summed E-state index contributed by atoms with van der Waals surface area (Å²) < 4.78 is 80.6. The summed E-state index contributed by atoms with van der Waals surface area (Å²) >= 11 is -3.46. The Hall–Kier alpha value is -1.53. The van der Waals surface area contributed by atoms with Gasteiger partial charge in [-0.2, -0.15) is 0 Å². The molecule has 2 aromatic rings. The normalized spacial score (nSPS) is 12.4. The minimum atomic E-state index is -5.76. The predicted octanol–water partition coefficient (Wildman–Crippen LogP) is 9.49. The summed E-state index contributed by atoms with van der Waals surface area (Å²) in [5.41, 5.74) is -5.50. The van der Waals surface area contributed by atoms with Crippen LogP contribution in [-0.4, -0.2) is 27.1 Å². The van der Waals surface area contributed by atoms with Crippen LogP contribution < -0.4 is 9.47 Å². The number of benzene rings is 2. The Balaban J connectivity index is 2.03. The zero-order valence-corrected chi connectivity index (χ0v) is 26.0. The summed E-state index contributed by atoms with van der Waals surface area (Å²) in [5, 5.41) is 0. The molecule has 0 saturated carbocycles. The van der Waals surface area contributed by atoms with Gasteiger partial charge in [-0.1, -0.05) is 13.8 Å². The molecule has 0 fully saturated rings. The van der Waals surface area contributed by atoms with Crippen LogP contribution in [0.25, 0.3) is 0 Å². The first-order valence-corrected chi connectivity index (χ1v) is 18.3. The van der Waals surface area contributed by atoms with Crippen LogP contribution in [0.15, 0.2) is 48.5 Å². The average molecular weight is 687 g/mol. The number of rotatable bonds is 20. The van der Waals surface area contributed by atoms with Crippen LogP contribution in [0, 0.1) is 7.14 Å². The molecule has 0 aromatic heterocycles. The molecule has 5 nitrogen and oxygen atoms in total. The second-order valence-corrected chi connectivity index (χ2v) is 15.8. The molecule has 2 rings (SSSR count). The molecule has 0 radical (unpaired) electrons. The fraction of sp³-hybridized carbons (Fsp3) is 0.586. The quantitative estimate of drug-likeness (QED) is 0.0789. The molecule has 0 aliphatic heterocycles. The summed E-state index contributed by atoms with van der Waals surface area (Å²) in [4.78, 5) is 0. The molecule has 10 heteroatoms. The third-order valence-electron chi connectivity index (χ3n) is 5.99. The maximum absolute atomic E-state index is 13.2. The molecule has 0 atom stereocenters. The van der Waals surface area contributed by atoms with Gasteiger partial charge in [-0.25, -0.2) is 0 Å². The van der Waals surface area contributed by atoms with Crippen LogP contribution in [0.5, 0.6) is 11.5 Å². The molecule has 0 amide bonds. The van der Waals surface area contributed by atoms with Crippen LogP contribution in [-0.2, 0) is 12.6 Å². The first kappa shape index (κ1) is 33.7. The van der Waals surface area contributed by atoms with Gasteiger partial charge in [0.2, 0.25) is 0 Å². The van der Waals surface area contributed by atoms with Crippen molar-refractivity contribution in [1.29, 1.82) is 0 Å². The van der Waals surface area contributed by atoms with E-state index in [1.807, 2.05) is 0 Å². The molecule has 0 spiro atoms. The van der Waals surface area contributed by atoms with Gasteiger partial charge in [-0.15, -0.1) is 0 Å². The fourth-order valence-electron chi connectivity index (χ4n) is 3.75. The second-order valence-electron chi connectivity index (χ2n) is 9.35. The van der Waals surface area contributed by atoms with Crippen molar-refractivity contribution in [2.24, 2.45) is 0 Å². The van der Waals surface area contributed by atoms with E-state index in [1.54, 1.807) is 48.5 Å². The zero-order chi connectivity index (χ0) is 28.6. The van der Waals surface area contributed by atoms with E-state index in [1.165, 1.54) is 38.5 Å². The zero-order valence-electron chi connectivity index (χ0n) is 23.0. The van der Waals surface area contributed by atoms with Crippen LogP contribution in [0.3, 0.4) is 0 Å². The Bertz CT molecular complexity index is 967. The first-order chi connectivity index (χ1) is 18.7. The summed E-state index contributed by atoms with van der Waals surface area (Å²) in [6, 6.07) is 13.0. The van der Waals surface area contributed by atoms with Crippen molar-refractivity contribution >= 4 is 30.4 Å². The van der Waals surface area contributed by atoms with Crippen molar-refractivity contribution in [2.75, 3.05) is 13.2 Å². The van der Waals surface area contributed by atoms with Crippen molar-refractivity contribution in [3.05, 3.63) is 55.7 Å². The SMILES string of the molecule is CCCCCCCCOc1ccc(I(OS(=O)(=O)C(F)(F)F)c2ccc(OCCCCCCCC)cc2)cc1. The van der Waals surface area contributed by atoms with Crippen LogP contribution in [0.1, 0.15) is 90.9 Å². The van der Waals surface area contributed by atoms with Crippen molar-refractivity contribution in [1.82, 2.24) is 0 Å². The molecule has 0 saturated heterocycles. The van der Waals surface area contributed by atoms with Gasteiger partial charge in [0.15, 0.2) is 0 Å². The Labute approximate surface area is 239 Å².